The standard InChI is InChI=1S/C13H17ClN2OS/c1-17-13(5-2-6-13)8-16-9-3-4-10(12(15)18)11(14)7-9/h3-4,7,16H,2,5-6,8H2,1H3,(H2,15,18). The lowest BCUT2D eigenvalue weighted by Crippen LogP contribution is -2.45. The van der Waals surface area contributed by atoms with E-state index in [4.69, 9.17) is 34.3 Å². The van der Waals surface area contributed by atoms with Crippen molar-refractivity contribution >= 4 is 34.5 Å². The molecule has 0 aromatic heterocycles. The summed E-state index contributed by atoms with van der Waals surface area (Å²) in [6, 6.07) is 5.62. The first kappa shape index (κ1) is 13.6. The molecule has 0 spiro atoms. The Morgan fingerprint density at radius 3 is 2.72 bits per heavy atom. The van der Waals surface area contributed by atoms with E-state index in [2.05, 4.69) is 5.32 Å². The second-order valence-electron chi connectivity index (χ2n) is 4.65. The number of thiocarbonyl (C=S) groups is 1. The van der Waals surface area contributed by atoms with Crippen molar-refractivity contribution in [1.82, 2.24) is 0 Å². The number of nitrogens with two attached hydrogens (primary N) is 1. The van der Waals surface area contributed by atoms with Crippen molar-refractivity contribution in [2.75, 3.05) is 19.0 Å². The van der Waals surface area contributed by atoms with E-state index in [1.807, 2.05) is 18.2 Å². The Kier molecular flexibility index (Phi) is 4.10. The van der Waals surface area contributed by atoms with Gasteiger partial charge >= 0.3 is 0 Å². The van der Waals surface area contributed by atoms with Crippen LogP contribution in [0.15, 0.2) is 18.2 Å². The Hall–Kier alpha value is -0.840. The second kappa shape index (κ2) is 5.43. The lowest BCUT2D eigenvalue weighted by molar-refractivity contribution is -0.0601. The van der Waals surface area contributed by atoms with Crippen LogP contribution in [0.1, 0.15) is 24.8 Å². The van der Waals surface area contributed by atoms with Crippen LogP contribution < -0.4 is 11.1 Å². The zero-order valence-electron chi connectivity index (χ0n) is 10.3. The molecule has 0 bridgehead atoms. The molecule has 5 heteroatoms. The third-order valence-corrected chi connectivity index (χ3v) is 4.08. The topological polar surface area (TPSA) is 47.3 Å². The first-order valence-corrected chi connectivity index (χ1v) is 6.73. The predicted molar refractivity (Wildman–Crippen MR) is 79.4 cm³/mol. The molecule has 18 heavy (non-hydrogen) atoms. The molecule has 1 aromatic carbocycles. The van der Waals surface area contributed by atoms with E-state index in [9.17, 15) is 0 Å². The Morgan fingerprint density at radius 1 is 1.56 bits per heavy atom. The molecule has 1 fully saturated rings. The maximum atomic E-state index is 6.12. The van der Waals surface area contributed by atoms with E-state index < -0.39 is 0 Å². The minimum Gasteiger partial charge on any atom is -0.389 e. The fraction of sp³-hybridized carbons (Fsp3) is 0.462. The molecule has 1 aliphatic rings. The maximum Gasteiger partial charge on any atom is 0.105 e. The summed E-state index contributed by atoms with van der Waals surface area (Å²) in [5.74, 6) is 0. The summed E-state index contributed by atoms with van der Waals surface area (Å²) in [4.78, 5) is 0.318. The molecule has 0 unspecified atom stereocenters. The monoisotopic (exact) mass is 284 g/mol. The van der Waals surface area contributed by atoms with Crippen molar-refractivity contribution in [1.29, 1.82) is 0 Å². The lowest BCUT2D eigenvalue weighted by Gasteiger charge is -2.40. The van der Waals surface area contributed by atoms with Gasteiger partial charge in [-0.15, -0.1) is 0 Å². The molecule has 2 rings (SSSR count). The summed E-state index contributed by atoms with van der Waals surface area (Å²) in [5, 5.41) is 3.93. The van der Waals surface area contributed by atoms with Crippen LogP contribution in [0.2, 0.25) is 5.02 Å². The van der Waals surface area contributed by atoms with Crippen molar-refractivity contribution in [3.8, 4) is 0 Å². The largest absolute Gasteiger partial charge is 0.389 e. The number of halogens is 1. The number of benzene rings is 1. The van der Waals surface area contributed by atoms with Crippen molar-refractivity contribution < 1.29 is 4.74 Å². The van der Waals surface area contributed by atoms with Gasteiger partial charge in [0, 0.05) is 24.9 Å². The zero-order valence-corrected chi connectivity index (χ0v) is 11.9. The first-order valence-electron chi connectivity index (χ1n) is 5.95. The van der Waals surface area contributed by atoms with Gasteiger partial charge in [0.1, 0.15) is 4.99 Å². The third-order valence-electron chi connectivity index (χ3n) is 3.55. The molecule has 1 saturated carbocycles. The van der Waals surface area contributed by atoms with E-state index in [0.29, 0.717) is 15.6 Å². The van der Waals surface area contributed by atoms with Crippen LogP contribution in [-0.2, 0) is 4.74 Å². The van der Waals surface area contributed by atoms with Crippen molar-refractivity contribution in [3.05, 3.63) is 28.8 Å². The fourth-order valence-electron chi connectivity index (χ4n) is 2.11. The van der Waals surface area contributed by atoms with Crippen LogP contribution in [0, 0.1) is 0 Å². The first-order chi connectivity index (χ1) is 8.56. The highest BCUT2D eigenvalue weighted by Gasteiger charge is 2.36. The van der Waals surface area contributed by atoms with Crippen molar-refractivity contribution in [2.45, 2.75) is 24.9 Å². The molecular weight excluding hydrogens is 268 g/mol. The van der Waals surface area contributed by atoms with E-state index in [-0.39, 0.29) is 5.60 Å². The van der Waals surface area contributed by atoms with Crippen LogP contribution >= 0.6 is 23.8 Å². The molecule has 0 saturated heterocycles. The molecule has 0 atom stereocenters. The van der Waals surface area contributed by atoms with Gasteiger partial charge in [-0.2, -0.15) is 0 Å². The number of hydrogen-bond donors (Lipinski definition) is 2. The quantitative estimate of drug-likeness (QED) is 0.816. The highest BCUT2D eigenvalue weighted by molar-refractivity contribution is 7.80. The van der Waals surface area contributed by atoms with Crippen LogP contribution in [0.4, 0.5) is 5.69 Å². The van der Waals surface area contributed by atoms with Gasteiger partial charge in [-0.3, -0.25) is 0 Å². The molecule has 98 valence electrons. The molecule has 0 radical (unpaired) electrons. The smallest absolute Gasteiger partial charge is 0.105 e. The summed E-state index contributed by atoms with van der Waals surface area (Å²) in [7, 11) is 1.77. The molecule has 3 nitrogen and oxygen atoms in total. The van der Waals surface area contributed by atoms with Gasteiger partial charge in [-0.05, 0) is 37.5 Å². The summed E-state index contributed by atoms with van der Waals surface area (Å²) < 4.78 is 5.55. The lowest BCUT2D eigenvalue weighted by atomic mass is 9.80. The number of ether oxygens (including phenoxy) is 1. The Labute approximate surface area is 118 Å². The van der Waals surface area contributed by atoms with E-state index in [1.165, 1.54) is 6.42 Å². The highest BCUT2D eigenvalue weighted by Crippen LogP contribution is 2.35. The minimum atomic E-state index is -0.00564. The van der Waals surface area contributed by atoms with Gasteiger partial charge in [0.05, 0.1) is 10.6 Å². The average molecular weight is 285 g/mol. The molecule has 0 heterocycles. The maximum absolute atomic E-state index is 6.12. The van der Waals surface area contributed by atoms with Crippen molar-refractivity contribution in [3.63, 3.8) is 0 Å². The third kappa shape index (κ3) is 2.76. The molecular formula is C13H17ClN2OS. The summed E-state index contributed by atoms with van der Waals surface area (Å²) >= 11 is 11.0. The van der Waals surface area contributed by atoms with Crippen LogP contribution in [0.25, 0.3) is 0 Å². The Morgan fingerprint density at radius 2 is 2.28 bits per heavy atom. The van der Waals surface area contributed by atoms with E-state index in [1.54, 1.807) is 7.11 Å². The van der Waals surface area contributed by atoms with E-state index >= 15 is 0 Å². The van der Waals surface area contributed by atoms with Gasteiger partial charge in [-0.25, -0.2) is 0 Å². The van der Waals surface area contributed by atoms with E-state index in [0.717, 1.165) is 25.1 Å². The second-order valence-corrected chi connectivity index (χ2v) is 5.50. The number of methoxy groups -OCH3 is 1. The number of anilines is 1. The van der Waals surface area contributed by atoms with Gasteiger partial charge in [0.25, 0.3) is 0 Å². The Bertz CT molecular complexity index is 455. The summed E-state index contributed by atoms with van der Waals surface area (Å²) in [6.07, 6.45) is 3.45. The molecule has 1 aromatic rings. The van der Waals surface area contributed by atoms with Crippen molar-refractivity contribution in [2.24, 2.45) is 5.73 Å². The summed E-state index contributed by atoms with van der Waals surface area (Å²) in [5.41, 5.74) is 7.23. The molecule has 3 N–H and O–H groups in total. The molecule has 1 aliphatic carbocycles. The Balaban J connectivity index is 2.02. The SMILES string of the molecule is COC1(CNc2ccc(C(N)=S)c(Cl)c2)CCC1. The average Bonchev–Trinajstić information content (AvgIpc) is 2.27. The number of rotatable bonds is 5. The molecule has 0 aliphatic heterocycles. The highest BCUT2D eigenvalue weighted by atomic mass is 35.5. The zero-order chi connectivity index (χ0) is 13.2. The van der Waals surface area contributed by atoms with Gasteiger partial charge in [0.15, 0.2) is 0 Å². The molecule has 0 amide bonds. The van der Waals surface area contributed by atoms with Gasteiger partial charge < -0.3 is 15.8 Å². The van der Waals surface area contributed by atoms with Crippen LogP contribution in [-0.4, -0.2) is 24.2 Å². The number of hydrogen-bond acceptors (Lipinski definition) is 3. The normalized spacial score (nSPS) is 17.0. The van der Waals surface area contributed by atoms with Gasteiger partial charge in [-0.1, -0.05) is 23.8 Å². The predicted octanol–water partition coefficient (Wildman–Crippen LogP) is 2.96. The fourth-order valence-corrected chi connectivity index (χ4v) is 2.63. The van der Waals surface area contributed by atoms with Gasteiger partial charge in [0.2, 0.25) is 0 Å². The minimum absolute atomic E-state index is 0.00564. The number of nitrogens with one attached hydrogen (secondary N) is 1. The summed E-state index contributed by atoms with van der Waals surface area (Å²) in [6.45, 7) is 0.798. The van der Waals surface area contributed by atoms with Crippen LogP contribution in [0.5, 0.6) is 0 Å². The van der Waals surface area contributed by atoms with Crippen LogP contribution in [0.3, 0.4) is 0 Å².